The van der Waals surface area contributed by atoms with E-state index in [1.807, 2.05) is 0 Å². The Balaban J connectivity index is 1.41. The van der Waals surface area contributed by atoms with Crippen molar-refractivity contribution >= 4 is 35.1 Å². The Morgan fingerprint density at radius 1 is 1.15 bits per heavy atom. The molecule has 3 fully saturated rings. The summed E-state index contributed by atoms with van der Waals surface area (Å²) in [7, 11) is 0. The van der Waals surface area contributed by atoms with E-state index in [-0.39, 0.29) is 49.3 Å². The average molecular weight is 555 g/mol. The van der Waals surface area contributed by atoms with Gasteiger partial charge in [-0.05, 0) is 56.6 Å². The molecule has 3 saturated carbocycles. The van der Waals surface area contributed by atoms with Crippen LogP contribution in [-0.2, 0) is 25.7 Å². The van der Waals surface area contributed by atoms with Crippen LogP contribution in [0.3, 0.4) is 0 Å². The van der Waals surface area contributed by atoms with Gasteiger partial charge in [-0.3, -0.25) is 28.8 Å². The van der Waals surface area contributed by atoms with E-state index in [1.54, 1.807) is 6.92 Å². The number of carbonyl (C=O) groups is 5. The molecule has 3 aliphatic carbocycles. The molecule has 0 aromatic carbocycles. The van der Waals surface area contributed by atoms with Gasteiger partial charge in [-0.2, -0.15) is 15.4 Å². The van der Waals surface area contributed by atoms with Gasteiger partial charge >= 0.3 is 0 Å². The summed E-state index contributed by atoms with van der Waals surface area (Å²) in [6.07, 6.45) is 7.68. The van der Waals surface area contributed by atoms with Crippen molar-refractivity contribution in [2.75, 3.05) is 11.9 Å². The number of pyridine rings is 1. The fourth-order valence-corrected chi connectivity index (χ4v) is 5.40. The molecule has 5 rings (SSSR count). The molecule has 4 amide bonds. The van der Waals surface area contributed by atoms with E-state index in [0.717, 1.165) is 25.5 Å². The van der Waals surface area contributed by atoms with Crippen LogP contribution in [-0.4, -0.2) is 68.0 Å². The lowest BCUT2D eigenvalue weighted by atomic mass is 9.68. The van der Waals surface area contributed by atoms with Gasteiger partial charge in [-0.25, -0.2) is 0 Å². The number of anilines is 1. The number of ketones is 1. The minimum Gasteiger partial charge on any atom is -0.352 e. The fraction of sp³-hybridized carbons (Fsp3) is 0.538. The van der Waals surface area contributed by atoms with Crippen molar-refractivity contribution in [1.29, 1.82) is 0 Å². The molecule has 0 saturated heterocycles. The van der Waals surface area contributed by atoms with Gasteiger partial charge in [0.1, 0.15) is 18.3 Å². The van der Waals surface area contributed by atoms with E-state index < -0.39 is 35.1 Å². The number of likely N-dealkylation sites (N-methyl/N-ethyl adjacent to an activating group) is 1. The minimum absolute atomic E-state index is 0.0906. The quantitative estimate of drug-likeness (QED) is 0.224. The van der Waals surface area contributed by atoms with E-state index in [0.29, 0.717) is 11.8 Å². The van der Waals surface area contributed by atoms with Gasteiger partial charge in [0.2, 0.25) is 17.6 Å². The Hall–Kier alpha value is -4.36. The minimum atomic E-state index is -1.28. The predicted octanol–water partition coefficient (Wildman–Crippen LogP) is -0.116. The number of aromatic nitrogens is 4. The lowest BCUT2D eigenvalue weighted by Gasteiger charge is -2.42. The molecule has 0 radical (unpaired) electrons. The highest BCUT2D eigenvalue weighted by Crippen LogP contribution is 2.41. The number of aromatic amines is 1. The van der Waals surface area contributed by atoms with Crippen LogP contribution in [0.15, 0.2) is 29.3 Å². The van der Waals surface area contributed by atoms with Gasteiger partial charge in [0.25, 0.3) is 17.4 Å². The van der Waals surface area contributed by atoms with E-state index >= 15 is 0 Å². The SMILES string of the molecule is CCNC(=O)C(=O)CC[C@H](NC(=O)c1cn[nH]n1)C(=O)Nc1cccn(CC(=O)NC2CC3CCC2CC3)c1=O. The van der Waals surface area contributed by atoms with Gasteiger partial charge in [-0.1, -0.05) is 12.8 Å². The van der Waals surface area contributed by atoms with Crippen LogP contribution in [0.2, 0.25) is 0 Å². The number of Topliss-reactive ketones (excluding diaryl/α,β-unsaturated/α-hetero) is 1. The molecule has 0 spiro atoms. The zero-order valence-corrected chi connectivity index (χ0v) is 22.3. The summed E-state index contributed by atoms with van der Waals surface area (Å²) in [6.45, 7) is 1.72. The fourth-order valence-electron chi connectivity index (χ4n) is 5.40. The number of fused-ring (bicyclic) bond motifs is 3. The lowest BCUT2D eigenvalue weighted by Crippen LogP contribution is -2.48. The maximum atomic E-state index is 13.1. The predicted molar refractivity (Wildman–Crippen MR) is 142 cm³/mol. The number of nitrogens with one attached hydrogen (secondary N) is 5. The topological polar surface area (TPSA) is 197 Å². The molecule has 1 unspecified atom stereocenters. The molecule has 2 heterocycles. The monoisotopic (exact) mass is 554 g/mol. The van der Waals surface area contributed by atoms with Crippen LogP contribution in [0.25, 0.3) is 0 Å². The van der Waals surface area contributed by atoms with Crippen molar-refractivity contribution in [3.8, 4) is 0 Å². The van der Waals surface area contributed by atoms with Crippen molar-refractivity contribution in [3.63, 3.8) is 0 Å². The van der Waals surface area contributed by atoms with Gasteiger partial charge < -0.3 is 25.8 Å². The first kappa shape index (κ1) is 28.6. The third-order valence-electron chi connectivity index (χ3n) is 7.51. The van der Waals surface area contributed by atoms with Crippen LogP contribution in [0.1, 0.15) is 62.4 Å². The van der Waals surface area contributed by atoms with Crippen molar-refractivity contribution in [3.05, 3.63) is 40.6 Å². The average Bonchev–Trinajstić information content (AvgIpc) is 3.49. The summed E-state index contributed by atoms with van der Waals surface area (Å²) in [6, 6.07) is 1.75. The normalized spacial score (nSPS) is 20.3. The van der Waals surface area contributed by atoms with Crippen LogP contribution < -0.4 is 26.8 Å². The Labute approximate surface area is 230 Å². The first-order valence-corrected chi connectivity index (χ1v) is 13.5. The maximum Gasteiger partial charge on any atom is 0.287 e. The third-order valence-corrected chi connectivity index (χ3v) is 7.51. The van der Waals surface area contributed by atoms with Gasteiger partial charge in [0.15, 0.2) is 5.69 Å². The zero-order valence-electron chi connectivity index (χ0n) is 22.3. The smallest absolute Gasteiger partial charge is 0.287 e. The molecular formula is C26H34N8O6. The second-order valence-corrected chi connectivity index (χ2v) is 10.2. The van der Waals surface area contributed by atoms with E-state index in [4.69, 9.17) is 0 Å². The highest BCUT2D eigenvalue weighted by molar-refractivity contribution is 6.36. The number of nitrogens with zero attached hydrogens (tertiary/aromatic N) is 3. The van der Waals surface area contributed by atoms with Gasteiger partial charge in [0, 0.05) is 25.2 Å². The number of hydrogen-bond acceptors (Lipinski definition) is 8. The summed E-state index contributed by atoms with van der Waals surface area (Å²) in [5, 5.41) is 19.9. The van der Waals surface area contributed by atoms with E-state index in [1.165, 1.54) is 35.7 Å². The second kappa shape index (κ2) is 13.1. The molecule has 2 bridgehead atoms. The van der Waals surface area contributed by atoms with E-state index in [2.05, 4.69) is 36.7 Å². The van der Waals surface area contributed by atoms with Gasteiger partial charge in [-0.15, -0.1) is 0 Å². The van der Waals surface area contributed by atoms with E-state index in [9.17, 15) is 28.8 Å². The molecular weight excluding hydrogens is 520 g/mol. The summed E-state index contributed by atoms with van der Waals surface area (Å²) in [4.78, 5) is 75.4. The Morgan fingerprint density at radius 3 is 2.58 bits per heavy atom. The number of amides is 4. The summed E-state index contributed by atoms with van der Waals surface area (Å²) in [5.74, 6) is -2.23. The standard InChI is InChI=1S/C26H34N8O6/c1-2-27-25(39)21(35)10-9-17(30-24(38)20-13-28-33-32-20)23(37)31-18-4-3-11-34(26(18)40)14-22(36)29-19-12-15-5-7-16(19)8-6-15/h3-4,11,13,15-17,19H,2,5-10,12,14H2,1H3,(H,27,39)(H,29,36)(H,30,38)(H,31,37)(H,28,32,33)/t15?,16?,17-,19?/m0/s1. The molecule has 2 atom stereocenters. The molecule has 5 N–H and O–H groups in total. The highest BCUT2D eigenvalue weighted by Gasteiger charge is 2.36. The Kier molecular flexibility index (Phi) is 9.40. The lowest BCUT2D eigenvalue weighted by molar-refractivity contribution is -0.138. The van der Waals surface area contributed by atoms with Crippen molar-refractivity contribution in [2.24, 2.45) is 11.8 Å². The zero-order chi connectivity index (χ0) is 28.6. The first-order valence-electron chi connectivity index (χ1n) is 13.5. The van der Waals surface area contributed by atoms with Crippen LogP contribution >= 0.6 is 0 Å². The summed E-state index contributed by atoms with van der Waals surface area (Å²) < 4.78 is 1.20. The van der Waals surface area contributed by atoms with Crippen molar-refractivity contribution in [2.45, 2.75) is 70.5 Å². The number of H-pyrrole nitrogens is 1. The molecule has 214 valence electrons. The van der Waals surface area contributed by atoms with Crippen LogP contribution in [0.4, 0.5) is 5.69 Å². The van der Waals surface area contributed by atoms with Crippen LogP contribution in [0.5, 0.6) is 0 Å². The number of carbonyl (C=O) groups excluding carboxylic acids is 5. The van der Waals surface area contributed by atoms with Crippen molar-refractivity contribution < 1.29 is 24.0 Å². The van der Waals surface area contributed by atoms with Crippen molar-refractivity contribution in [1.82, 2.24) is 35.9 Å². The summed E-state index contributed by atoms with van der Waals surface area (Å²) in [5.41, 5.74) is -0.795. The Bertz CT molecular complexity index is 1300. The van der Waals surface area contributed by atoms with Gasteiger partial charge in [0.05, 0.1) is 6.20 Å². The molecule has 40 heavy (non-hydrogen) atoms. The summed E-state index contributed by atoms with van der Waals surface area (Å²) >= 11 is 0. The molecule has 14 heteroatoms. The highest BCUT2D eigenvalue weighted by atomic mass is 16.2. The largest absolute Gasteiger partial charge is 0.352 e. The molecule has 3 aliphatic rings. The molecule has 2 aromatic heterocycles. The maximum absolute atomic E-state index is 13.1. The first-order chi connectivity index (χ1) is 19.2. The molecule has 0 aliphatic heterocycles. The molecule has 2 aromatic rings. The second-order valence-electron chi connectivity index (χ2n) is 10.2. The Morgan fingerprint density at radius 2 is 1.93 bits per heavy atom. The number of hydrogen-bond donors (Lipinski definition) is 5. The number of rotatable bonds is 12. The molecule has 14 nitrogen and oxygen atoms in total. The third kappa shape index (κ3) is 7.18. The van der Waals surface area contributed by atoms with Crippen LogP contribution in [0, 0.1) is 11.8 Å².